The fourth-order valence-corrected chi connectivity index (χ4v) is 8.24. The molecule has 0 bridgehead atoms. The number of aryl methyl sites for hydroxylation is 1. The Labute approximate surface area is 334 Å². The highest BCUT2D eigenvalue weighted by Gasteiger charge is 2.62. The first kappa shape index (κ1) is 40.1. The van der Waals surface area contributed by atoms with Gasteiger partial charge in [0.05, 0.1) is 45.4 Å². The zero-order valence-electron chi connectivity index (χ0n) is 30.9. The molecule has 13 nitrogen and oxygen atoms in total. The Morgan fingerprint density at radius 3 is 2.37 bits per heavy atom. The first-order valence-electron chi connectivity index (χ1n) is 17.5. The maximum atomic E-state index is 15.6. The SMILES string of the molecule is Cn1nc(NS(C)(=O)=O)c2c(Cl)ccc(-c3cc4[nH]c(C(C)(C)O)nc4nc3[C@H](Cc3cc(F)cc(F)c3)NC(=O)Cn3nc(C(F)(F)F)c4c3C(F)(F)[C@@H]3C#C[C@H]43)c21. The van der Waals surface area contributed by atoms with Gasteiger partial charge in [-0.2, -0.15) is 32.1 Å². The Kier molecular flexibility index (Phi) is 9.10. The molecule has 4 heterocycles. The molecular formula is C37H29ClF7N9O4S. The summed E-state index contributed by atoms with van der Waals surface area (Å²) in [5.41, 5.74) is -4.25. The van der Waals surface area contributed by atoms with E-state index in [0.29, 0.717) is 6.07 Å². The van der Waals surface area contributed by atoms with Gasteiger partial charge in [-0.15, -0.1) is 0 Å². The van der Waals surface area contributed by atoms with Crippen LogP contribution < -0.4 is 10.0 Å². The van der Waals surface area contributed by atoms with Gasteiger partial charge in [0.2, 0.25) is 15.9 Å². The molecular weight excluding hydrogens is 835 g/mol. The molecule has 0 saturated carbocycles. The van der Waals surface area contributed by atoms with Gasteiger partial charge in [0.25, 0.3) is 0 Å². The number of aromatic amines is 1. The summed E-state index contributed by atoms with van der Waals surface area (Å²) in [5.74, 6) is -5.70. The average molecular weight is 864 g/mol. The zero-order chi connectivity index (χ0) is 42.7. The minimum absolute atomic E-state index is 0.0185. The van der Waals surface area contributed by atoms with Crippen molar-refractivity contribution in [2.45, 2.75) is 56.5 Å². The quantitative estimate of drug-likeness (QED) is 0.0934. The Hall–Kier alpha value is -5.72. The minimum Gasteiger partial charge on any atom is -0.383 e. The normalized spacial score (nSPS) is 17.6. The van der Waals surface area contributed by atoms with E-state index >= 15 is 8.78 Å². The van der Waals surface area contributed by atoms with Crippen molar-refractivity contribution in [3.8, 4) is 23.0 Å². The van der Waals surface area contributed by atoms with Gasteiger partial charge in [-0.3, -0.25) is 18.9 Å². The third kappa shape index (κ3) is 7.01. The number of aliphatic hydroxyl groups is 1. The van der Waals surface area contributed by atoms with Gasteiger partial charge in [-0.1, -0.05) is 29.5 Å². The minimum atomic E-state index is -5.16. The third-order valence-corrected chi connectivity index (χ3v) is 10.8. The fraction of sp³-hybridized carbons (Fsp3) is 0.324. The molecule has 3 atom stereocenters. The van der Waals surface area contributed by atoms with Crippen LogP contribution in [-0.2, 0) is 52.5 Å². The van der Waals surface area contributed by atoms with Crippen molar-refractivity contribution in [1.29, 1.82) is 0 Å². The molecule has 22 heteroatoms. The maximum Gasteiger partial charge on any atom is 0.435 e. The number of anilines is 1. The number of sulfonamides is 1. The number of carbonyl (C=O) groups excluding carboxylic acids is 1. The fourth-order valence-electron chi connectivity index (χ4n) is 7.51. The highest BCUT2D eigenvalue weighted by atomic mass is 35.5. The van der Waals surface area contributed by atoms with Crippen LogP contribution >= 0.6 is 11.6 Å². The van der Waals surface area contributed by atoms with Crippen molar-refractivity contribution < 1.29 is 49.1 Å². The maximum absolute atomic E-state index is 15.6. The summed E-state index contributed by atoms with van der Waals surface area (Å²) in [6.07, 6.45) is -4.69. The summed E-state index contributed by atoms with van der Waals surface area (Å²) in [5, 5.41) is 21.3. The van der Waals surface area contributed by atoms with Gasteiger partial charge in [-0.05, 0) is 50.1 Å². The lowest BCUT2D eigenvalue weighted by Gasteiger charge is -2.24. The summed E-state index contributed by atoms with van der Waals surface area (Å²) in [4.78, 5) is 26.1. The topological polar surface area (TPSA) is 173 Å². The zero-order valence-corrected chi connectivity index (χ0v) is 32.5. The smallest absolute Gasteiger partial charge is 0.383 e. The lowest BCUT2D eigenvalue weighted by atomic mass is 9.84. The summed E-state index contributed by atoms with van der Waals surface area (Å²) in [6, 6.07) is 5.59. The van der Waals surface area contributed by atoms with E-state index in [1.807, 2.05) is 0 Å². The second kappa shape index (κ2) is 13.4. The van der Waals surface area contributed by atoms with Crippen LogP contribution in [0.5, 0.6) is 0 Å². The number of hydrogen-bond acceptors (Lipinski definition) is 8. The van der Waals surface area contributed by atoms with E-state index in [1.165, 1.54) is 43.8 Å². The Balaban J connectivity index is 1.31. The Bertz CT molecular complexity index is 2920. The Morgan fingerprint density at radius 1 is 1.07 bits per heavy atom. The van der Waals surface area contributed by atoms with Crippen LogP contribution in [-0.4, -0.2) is 60.2 Å². The molecule has 0 spiro atoms. The number of imidazole rings is 1. The molecule has 2 aliphatic rings. The van der Waals surface area contributed by atoms with Crippen LogP contribution in [0.25, 0.3) is 33.2 Å². The number of H-pyrrole nitrogens is 1. The lowest BCUT2D eigenvalue weighted by molar-refractivity contribution is -0.142. The number of rotatable bonds is 10. The highest BCUT2D eigenvalue weighted by molar-refractivity contribution is 7.92. The molecule has 0 aliphatic heterocycles. The number of hydrogen-bond donors (Lipinski definition) is 4. The molecule has 2 aromatic carbocycles. The standard InChI is InChI=1S/C37H29ClF7N9O4S/c1-35(2,56)34-47-24-13-20(18-6-8-22(38)27-29(18)53(3)51-33(27)52-59(4,57)58)28(48-32(24)49-34)23(11-15-9-16(39)12-17(40)10-15)46-25(55)14-54-31-26(30(50-54)37(43,44)45)19-5-7-21(19)36(31,41)42/h6,8-10,12-13,19,21,23,56H,11,14H2,1-4H3,(H,46,55)(H,51,52)(H,47,48,49)/t19-,21+,23-/m0/s1. The Morgan fingerprint density at radius 2 is 1.76 bits per heavy atom. The number of nitrogens with zero attached hydrogens (tertiary/aromatic N) is 6. The van der Waals surface area contributed by atoms with Crippen LogP contribution in [0.4, 0.5) is 36.6 Å². The van der Waals surface area contributed by atoms with Gasteiger partial charge in [0.1, 0.15) is 41.2 Å². The molecule has 6 aromatic rings. The largest absolute Gasteiger partial charge is 0.435 e. The second-order valence-corrected chi connectivity index (χ2v) is 17.0. The number of fused-ring (bicyclic) bond motifs is 5. The van der Waals surface area contributed by atoms with Crippen LogP contribution in [0.2, 0.25) is 5.02 Å². The van der Waals surface area contributed by atoms with Crippen LogP contribution in [0.15, 0.2) is 36.4 Å². The van der Waals surface area contributed by atoms with Gasteiger partial charge in [0.15, 0.2) is 17.2 Å². The highest BCUT2D eigenvalue weighted by Crippen LogP contribution is 2.58. The van der Waals surface area contributed by atoms with Crippen molar-refractivity contribution in [1.82, 2.24) is 39.8 Å². The first-order valence-corrected chi connectivity index (χ1v) is 19.8. The predicted octanol–water partition coefficient (Wildman–Crippen LogP) is 6.18. The molecule has 59 heavy (non-hydrogen) atoms. The molecule has 0 unspecified atom stereocenters. The molecule has 0 saturated heterocycles. The van der Waals surface area contributed by atoms with Crippen LogP contribution in [0.1, 0.15) is 59.8 Å². The van der Waals surface area contributed by atoms with Gasteiger partial charge >= 0.3 is 12.1 Å². The van der Waals surface area contributed by atoms with Gasteiger partial charge in [-0.25, -0.2) is 27.2 Å². The van der Waals surface area contributed by atoms with Crippen LogP contribution in [0, 0.1) is 29.4 Å². The number of nitrogens with one attached hydrogen (secondary N) is 3. The number of halogens is 8. The number of alkyl halides is 5. The number of benzene rings is 2. The first-order chi connectivity index (χ1) is 27.4. The van der Waals surface area contributed by atoms with Crippen molar-refractivity contribution >= 4 is 55.4 Å². The molecule has 4 N–H and O–H groups in total. The van der Waals surface area contributed by atoms with Crippen LogP contribution in [0.3, 0.4) is 0 Å². The molecule has 0 fully saturated rings. The monoisotopic (exact) mass is 863 g/mol. The van der Waals surface area contributed by atoms with Crippen molar-refractivity contribution in [2.24, 2.45) is 13.0 Å². The summed E-state index contributed by atoms with van der Waals surface area (Å²) >= 11 is 6.59. The van der Waals surface area contributed by atoms with E-state index in [2.05, 4.69) is 42.0 Å². The van der Waals surface area contributed by atoms with Crippen molar-refractivity contribution in [3.63, 3.8) is 0 Å². The molecule has 0 radical (unpaired) electrons. The van der Waals surface area contributed by atoms with E-state index in [9.17, 15) is 40.3 Å². The number of carbonyl (C=O) groups is 1. The van der Waals surface area contributed by atoms with Gasteiger partial charge in [0, 0.05) is 29.8 Å². The summed E-state index contributed by atoms with van der Waals surface area (Å²) in [6.45, 7) is 1.73. The van der Waals surface area contributed by atoms with Gasteiger partial charge < -0.3 is 15.4 Å². The van der Waals surface area contributed by atoms with E-state index in [0.717, 1.165) is 18.4 Å². The predicted molar refractivity (Wildman–Crippen MR) is 198 cm³/mol. The number of amides is 1. The summed E-state index contributed by atoms with van der Waals surface area (Å²) in [7, 11) is -2.39. The van der Waals surface area contributed by atoms with E-state index < -0.39 is 93.1 Å². The molecule has 8 rings (SSSR count). The molecule has 4 aromatic heterocycles. The third-order valence-electron chi connectivity index (χ3n) is 9.92. The average Bonchev–Trinajstić information content (AvgIpc) is 3.79. The van der Waals surface area contributed by atoms with Crippen molar-refractivity contribution in [3.05, 3.63) is 87.1 Å². The van der Waals surface area contributed by atoms with E-state index in [4.69, 9.17) is 16.6 Å². The summed E-state index contributed by atoms with van der Waals surface area (Å²) < 4.78 is 131. The lowest BCUT2D eigenvalue weighted by Crippen LogP contribution is -2.36. The number of aromatic nitrogens is 7. The van der Waals surface area contributed by atoms with E-state index in [-0.39, 0.29) is 65.8 Å². The molecule has 308 valence electrons. The second-order valence-electron chi connectivity index (χ2n) is 14.8. The molecule has 1 amide bonds. The van der Waals surface area contributed by atoms with Crippen molar-refractivity contribution in [2.75, 3.05) is 11.0 Å². The van der Waals surface area contributed by atoms with E-state index in [1.54, 1.807) is 0 Å². The molecule has 2 aliphatic carbocycles. The number of pyridine rings is 1.